The molecule has 184 valence electrons. The molecular formula is C24H32N4O5S. The van der Waals surface area contributed by atoms with Crippen molar-refractivity contribution in [2.45, 2.75) is 31.0 Å². The van der Waals surface area contributed by atoms with Gasteiger partial charge < -0.3 is 20.1 Å². The minimum Gasteiger partial charge on any atom is -0.506 e. The Morgan fingerprint density at radius 2 is 1.62 bits per heavy atom. The number of morpholine rings is 1. The number of nitrogens with one attached hydrogen (secondary N) is 1. The number of carbonyl (C=O) groups excluding carboxylic acids is 1. The number of carbonyl (C=O) groups is 1. The number of amides is 1. The van der Waals surface area contributed by atoms with Gasteiger partial charge in [0.15, 0.2) is 0 Å². The van der Waals surface area contributed by atoms with E-state index in [1.54, 1.807) is 24.3 Å². The third-order valence-electron chi connectivity index (χ3n) is 6.12. The molecule has 2 N–H and O–H groups in total. The zero-order valence-electron chi connectivity index (χ0n) is 19.6. The van der Waals surface area contributed by atoms with Crippen LogP contribution < -0.4 is 10.2 Å². The van der Waals surface area contributed by atoms with Crippen LogP contribution in [0.4, 0.5) is 11.4 Å². The van der Waals surface area contributed by atoms with Gasteiger partial charge in [0.25, 0.3) is 0 Å². The average molecular weight is 489 g/mol. The average Bonchev–Trinajstić information content (AvgIpc) is 2.80. The van der Waals surface area contributed by atoms with Gasteiger partial charge in [0.05, 0.1) is 29.3 Å². The highest BCUT2D eigenvalue weighted by atomic mass is 32.2. The molecule has 2 unspecified atom stereocenters. The molecule has 0 aliphatic carbocycles. The summed E-state index contributed by atoms with van der Waals surface area (Å²) >= 11 is 0. The van der Waals surface area contributed by atoms with E-state index in [2.05, 4.69) is 15.1 Å². The molecule has 2 atom stereocenters. The zero-order chi connectivity index (χ0) is 24.3. The largest absolute Gasteiger partial charge is 0.506 e. The number of hydrogen-bond donors (Lipinski definition) is 2. The van der Waals surface area contributed by atoms with E-state index in [-0.39, 0.29) is 35.3 Å². The molecule has 34 heavy (non-hydrogen) atoms. The van der Waals surface area contributed by atoms with Crippen LogP contribution in [-0.4, -0.2) is 86.7 Å². The number of rotatable bonds is 6. The van der Waals surface area contributed by atoms with Gasteiger partial charge in [-0.25, -0.2) is 8.42 Å². The summed E-state index contributed by atoms with van der Waals surface area (Å²) < 4.78 is 33.1. The Bertz CT molecular complexity index is 1090. The summed E-state index contributed by atoms with van der Waals surface area (Å²) in [7, 11) is -3.62. The maximum Gasteiger partial charge on any atom is 0.243 e. The molecule has 4 rings (SSSR count). The molecule has 2 fully saturated rings. The van der Waals surface area contributed by atoms with E-state index in [0.29, 0.717) is 31.9 Å². The molecule has 2 heterocycles. The fourth-order valence-corrected chi connectivity index (χ4v) is 6.06. The van der Waals surface area contributed by atoms with Gasteiger partial charge in [-0.3, -0.25) is 9.69 Å². The number of phenols is 1. The monoisotopic (exact) mass is 488 g/mol. The number of benzene rings is 2. The van der Waals surface area contributed by atoms with Crippen molar-refractivity contribution in [3.8, 4) is 5.75 Å². The molecule has 2 aromatic rings. The van der Waals surface area contributed by atoms with Gasteiger partial charge in [-0.2, -0.15) is 4.31 Å². The van der Waals surface area contributed by atoms with Crippen molar-refractivity contribution in [2.24, 2.45) is 0 Å². The number of aromatic hydroxyl groups is 1. The molecule has 0 radical (unpaired) electrons. The predicted molar refractivity (Wildman–Crippen MR) is 131 cm³/mol. The molecule has 2 saturated heterocycles. The van der Waals surface area contributed by atoms with Crippen molar-refractivity contribution < 1.29 is 23.1 Å². The van der Waals surface area contributed by atoms with Gasteiger partial charge in [0.1, 0.15) is 5.75 Å². The number of hydrogen-bond acceptors (Lipinski definition) is 7. The lowest BCUT2D eigenvalue weighted by atomic mass is 10.2. The number of anilines is 2. The molecule has 0 spiro atoms. The molecule has 2 aliphatic rings. The van der Waals surface area contributed by atoms with Crippen LogP contribution in [0, 0.1) is 0 Å². The topological polar surface area (TPSA) is 102 Å². The second kappa shape index (κ2) is 10.3. The lowest BCUT2D eigenvalue weighted by Crippen LogP contribution is -2.48. The third-order valence-corrected chi connectivity index (χ3v) is 7.97. The van der Waals surface area contributed by atoms with Crippen LogP contribution in [0.5, 0.6) is 5.75 Å². The first-order chi connectivity index (χ1) is 16.2. The summed E-state index contributed by atoms with van der Waals surface area (Å²) in [6.45, 7) is 7.46. The number of sulfonamides is 1. The highest BCUT2D eigenvalue weighted by Gasteiger charge is 2.32. The Balaban J connectivity index is 1.29. The number of para-hydroxylation sites is 2. The molecule has 0 aromatic heterocycles. The van der Waals surface area contributed by atoms with E-state index in [4.69, 9.17) is 4.74 Å². The molecule has 2 aliphatic heterocycles. The minimum atomic E-state index is -3.62. The van der Waals surface area contributed by atoms with Gasteiger partial charge in [-0.15, -0.1) is 0 Å². The van der Waals surface area contributed by atoms with Crippen LogP contribution in [0.2, 0.25) is 0 Å². The Morgan fingerprint density at radius 1 is 1.00 bits per heavy atom. The fourth-order valence-electron chi connectivity index (χ4n) is 4.47. The number of piperazine rings is 1. The number of nitrogens with zero attached hydrogens (tertiary/aromatic N) is 3. The van der Waals surface area contributed by atoms with E-state index in [1.165, 1.54) is 16.4 Å². The summed E-state index contributed by atoms with van der Waals surface area (Å²) in [6, 6.07) is 13.6. The van der Waals surface area contributed by atoms with Crippen LogP contribution in [0.3, 0.4) is 0 Å². The standard InChI is InChI=1S/C24H32N4O5S/c1-18-15-28(16-19(2)33-18)34(31,32)21-9-7-20(8-10-21)25-24(30)17-26-11-13-27(14-12-26)22-5-3-4-6-23(22)29/h3-10,18-19,29H,11-17H2,1-2H3,(H,25,30). The van der Waals surface area contributed by atoms with E-state index < -0.39 is 10.0 Å². The molecule has 9 nitrogen and oxygen atoms in total. The molecular weight excluding hydrogens is 456 g/mol. The third kappa shape index (κ3) is 5.69. The van der Waals surface area contributed by atoms with Crippen molar-refractivity contribution in [2.75, 3.05) is 56.0 Å². The van der Waals surface area contributed by atoms with Gasteiger partial charge in [0, 0.05) is 45.0 Å². The molecule has 0 saturated carbocycles. The Kier molecular flexibility index (Phi) is 7.42. The van der Waals surface area contributed by atoms with Crippen LogP contribution >= 0.6 is 0 Å². The highest BCUT2D eigenvalue weighted by molar-refractivity contribution is 7.89. The second-order valence-electron chi connectivity index (χ2n) is 8.90. The summed E-state index contributed by atoms with van der Waals surface area (Å²) in [5.41, 5.74) is 1.36. The molecule has 10 heteroatoms. The SMILES string of the molecule is CC1CN(S(=O)(=O)c2ccc(NC(=O)CN3CCN(c4ccccc4O)CC3)cc2)CC(C)O1. The Hall–Kier alpha value is -2.66. The van der Waals surface area contributed by atoms with Gasteiger partial charge >= 0.3 is 0 Å². The summed E-state index contributed by atoms with van der Waals surface area (Å²) in [5.74, 6) is 0.110. The lowest BCUT2D eigenvalue weighted by molar-refractivity contribution is -0.117. The van der Waals surface area contributed by atoms with Gasteiger partial charge in [0.2, 0.25) is 15.9 Å². The first kappa shape index (κ1) is 24.5. The lowest BCUT2D eigenvalue weighted by Gasteiger charge is -2.35. The first-order valence-corrected chi connectivity index (χ1v) is 13.0. The van der Waals surface area contributed by atoms with Crippen LogP contribution in [0.25, 0.3) is 0 Å². The number of phenolic OH excluding ortho intramolecular Hbond substituents is 1. The minimum absolute atomic E-state index is 0.151. The van der Waals surface area contributed by atoms with E-state index in [9.17, 15) is 18.3 Å². The van der Waals surface area contributed by atoms with Crippen molar-refractivity contribution in [3.63, 3.8) is 0 Å². The molecule has 0 bridgehead atoms. The summed E-state index contributed by atoms with van der Waals surface area (Å²) in [5, 5.41) is 12.9. The van der Waals surface area contributed by atoms with Crippen molar-refractivity contribution in [1.82, 2.24) is 9.21 Å². The van der Waals surface area contributed by atoms with E-state index in [0.717, 1.165) is 18.8 Å². The first-order valence-electron chi connectivity index (χ1n) is 11.5. The van der Waals surface area contributed by atoms with Crippen LogP contribution in [-0.2, 0) is 19.6 Å². The fraction of sp³-hybridized carbons (Fsp3) is 0.458. The van der Waals surface area contributed by atoms with Gasteiger partial charge in [-0.1, -0.05) is 12.1 Å². The highest BCUT2D eigenvalue weighted by Crippen LogP contribution is 2.27. The van der Waals surface area contributed by atoms with Crippen molar-refractivity contribution in [1.29, 1.82) is 0 Å². The predicted octanol–water partition coefficient (Wildman–Crippen LogP) is 1.95. The summed E-state index contributed by atoms with van der Waals surface area (Å²) in [4.78, 5) is 16.9. The second-order valence-corrected chi connectivity index (χ2v) is 10.8. The quantitative estimate of drug-likeness (QED) is 0.641. The Morgan fingerprint density at radius 3 is 2.24 bits per heavy atom. The van der Waals surface area contributed by atoms with E-state index >= 15 is 0 Å². The Labute approximate surface area is 201 Å². The normalized spacial score (nSPS) is 22.5. The molecule has 1 amide bonds. The number of ether oxygens (including phenoxy) is 1. The maximum absolute atomic E-state index is 13.0. The smallest absolute Gasteiger partial charge is 0.243 e. The van der Waals surface area contributed by atoms with Gasteiger partial charge in [-0.05, 0) is 50.2 Å². The van der Waals surface area contributed by atoms with Crippen molar-refractivity contribution in [3.05, 3.63) is 48.5 Å². The maximum atomic E-state index is 13.0. The van der Waals surface area contributed by atoms with Crippen LogP contribution in [0.15, 0.2) is 53.4 Å². The summed E-state index contributed by atoms with van der Waals surface area (Å²) in [6.07, 6.45) is -0.310. The van der Waals surface area contributed by atoms with Crippen molar-refractivity contribution >= 4 is 27.3 Å². The van der Waals surface area contributed by atoms with Crippen LogP contribution in [0.1, 0.15) is 13.8 Å². The van der Waals surface area contributed by atoms with E-state index in [1.807, 2.05) is 26.0 Å². The molecule has 2 aromatic carbocycles. The zero-order valence-corrected chi connectivity index (χ0v) is 20.4.